The number of likely N-dealkylation sites (tertiary alicyclic amines) is 1. The first-order valence-corrected chi connectivity index (χ1v) is 8.00. The molecule has 2 aliphatic heterocycles. The van der Waals surface area contributed by atoms with Gasteiger partial charge in [-0.25, -0.2) is 4.98 Å². The van der Waals surface area contributed by atoms with E-state index >= 15 is 0 Å². The number of nitrogens with one attached hydrogen (secondary N) is 1. The summed E-state index contributed by atoms with van der Waals surface area (Å²) in [5.41, 5.74) is 5.93. The van der Waals surface area contributed by atoms with Gasteiger partial charge in [-0.1, -0.05) is 6.92 Å². The fourth-order valence-corrected chi connectivity index (χ4v) is 3.36. The van der Waals surface area contributed by atoms with Crippen LogP contribution in [0.15, 0.2) is 10.9 Å². The number of rotatable bonds is 3. The first kappa shape index (κ1) is 14.5. The highest BCUT2D eigenvalue weighted by atomic mass is 16.1. The molecule has 3 N–H and O–H groups in total. The van der Waals surface area contributed by atoms with E-state index in [4.69, 9.17) is 5.73 Å². The van der Waals surface area contributed by atoms with Gasteiger partial charge >= 0.3 is 0 Å². The van der Waals surface area contributed by atoms with Crippen LogP contribution in [-0.2, 0) is 6.42 Å². The van der Waals surface area contributed by atoms with Crippen molar-refractivity contribution in [3.05, 3.63) is 22.2 Å². The van der Waals surface area contributed by atoms with Crippen molar-refractivity contribution in [3.63, 3.8) is 0 Å². The maximum atomic E-state index is 11.7. The summed E-state index contributed by atoms with van der Waals surface area (Å²) >= 11 is 0. The van der Waals surface area contributed by atoms with Crippen molar-refractivity contribution >= 4 is 5.82 Å². The van der Waals surface area contributed by atoms with E-state index in [9.17, 15) is 4.79 Å². The lowest BCUT2D eigenvalue weighted by Gasteiger charge is -2.34. The van der Waals surface area contributed by atoms with Gasteiger partial charge in [0.1, 0.15) is 11.6 Å². The summed E-state index contributed by atoms with van der Waals surface area (Å²) in [6.45, 7) is 6.15. The van der Waals surface area contributed by atoms with Gasteiger partial charge in [-0.2, -0.15) is 0 Å². The molecule has 0 radical (unpaired) electrons. The van der Waals surface area contributed by atoms with E-state index in [1.807, 2.05) is 6.92 Å². The predicted molar refractivity (Wildman–Crippen MR) is 83.6 cm³/mol. The highest BCUT2D eigenvalue weighted by molar-refractivity contribution is 5.39. The second kappa shape index (κ2) is 6.15. The number of piperidine rings is 1. The Morgan fingerprint density at radius 3 is 2.81 bits per heavy atom. The van der Waals surface area contributed by atoms with Gasteiger partial charge < -0.3 is 15.6 Å². The molecule has 0 saturated carbocycles. The van der Waals surface area contributed by atoms with E-state index in [1.165, 1.54) is 0 Å². The zero-order valence-electron chi connectivity index (χ0n) is 12.7. The topological polar surface area (TPSA) is 78.2 Å². The molecular formula is C15H25N5O. The summed E-state index contributed by atoms with van der Waals surface area (Å²) in [6.07, 6.45) is 4.09. The molecular weight excluding hydrogens is 266 g/mol. The molecule has 1 atom stereocenters. The molecule has 116 valence electrons. The average Bonchev–Trinajstić information content (AvgIpc) is 2.97. The second-order valence-electron chi connectivity index (χ2n) is 6.17. The quantitative estimate of drug-likeness (QED) is 0.839. The third-order valence-corrected chi connectivity index (χ3v) is 4.69. The number of anilines is 1. The number of aryl methyl sites for hydroxylation is 1. The smallest absolute Gasteiger partial charge is 0.252 e. The number of nitrogens with zero attached hydrogens (tertiary/aromatic N) is 3. The predicted octanol–water partition coefficient (Wildman–Crippen LogP) is 0.334. The number of hydrogen-bond donors (Lipinski definition) is 2. The molecule has 3 heterocycles. The third-order valence-electron chi connectivity index (χ3n) is 4.69. The lowest BCUT2D eigenvalue weighted by atomic mass is 10.0. The van der Waals surface area contributed by atoms with Gasteiger partial charge in [-0.3, -0.25) is 9.69 Å². The van der Waals surface area contributed by atoms with Crippen LogP contribution in [0.2, 0.25) is 0 Å². The molecule has 0 spiro atoms. The Labute approximate surface area is 125 Å². The average molecular weight is 291 g/mol. The second-order valence-corrected chi connectivity index (χ2v) is 6.17. The molecule has 0 aliphatic carbocycles. The highest BCUT2D eigenvalue weighted by Gasteiger charge is 2.30. The Morgan fingerprint density at radius 1 is 1.33 bits per heavy atom. The van der Waals surface area contributed by atoms with Crippen LogP contribution < -0.4 is 16.2 Å². The van der Waals surface area contributed by atoms with Gasteiger partial charge in [0.15, 0.2) is 0 Å². The van der Waals surface area contributed by atoms with E-state index in [2.05, 4.69) is 19.8 Å². The number of aromatic amines is 1. The summed E-state index contributed by atoms with van der Waals surface area (Å²) < 4.78 is 0. The van der Waals surface area contributed by atoms with Gasteiger partial charge in [0.05, 0.1) is 0 Å². The van der Waals surface area contributed by atoms with Crippen LogP contribution in [0.1, 0.15) is 32.0 Å². The summed E-state index contributed by atoms with van der Waals surface area (Å²) in [4.78, 5) is 23.8. The molecule has 0 aromatic carbocycles. The zero-order valence-corrected chi connectivity index (χ0v) is 12.7. The van der Waals surface area contributed by atoms with Crippen LogP contribution in [-0.4, -0.2) is 53.1 Å². The molecule has 6 heteroatoms. The molecule has 6 nitrogen and oxygen atoms in total. The standard InChI is InChI=1S/C15H25N5O/c1-2-13-17-14(9-15(21)18-13)20-8-5-12(10-20)19-6-3-11(16)4-7-19/h9,11-12H,2-8,10,16H2,1H3,(H,17,18,21). The molecule has 0 bridgehead atoms. The van der Waals surface area contributed by atoms with Crippen molar-refractivity contribution in [3.8, 4) is 0 Å². The summed E-state index contributed by atoms with van der Waals surface area (Å²) in [5.74, 6) is 1.59. The lowest BCUT2D eigenvalue weighted by Crippen LogP contribution is -2.46. The van der Waals surface area contributed by atoms with Crippen LogP contribution in [0, 0.1) is 0 Å². The fourth-order valence-electron chi connectivity index (χ4n) is 3.36. The van der Waals surface area contributed by atoms with E-state index in [-0.39, 0.29) is 5.56 Å². The molecule has 1 unspecified atom stereocenters. The van der Waals surface area contributed by atoms with Gasteiger partial charge in [-0.15, -0.1) is 0 Å². The molecule has 2 aliphatic rings. The van der Waals surface area contributed by atoms with Crippen molar-refractivity contribution in [1.29, 1.82) is 0 Å². The Bertz CT molecular complexity index is 535. The van der Waals surface area contributed by atoms with Gasteiger partial charge in [-0.05, 0) is 32.4 Å². The first-order valence-electron chi connectivity index (χ1n) is 8.00. The van der Waals surface area contributed by atoms with E-state index in [0.29, 0.717) is 12.1 Å². The zero-order chi connectivity index (χ0) is 14.8. The summed E-state index contributed by atoms with van der Waals surface area (Å²) in [5, 5.41) is 0. The van der Waals surface area contributed by atoms with Gasteiger partial charge in [0, 0.05) is 37.7 Å². The van der Waals surface area contributed by atoms with Crippen LogP contribution >= 0.6 is 0 Å². The van der Waals surface area contributed by atoms with E-state index in [0.717, 1.165) is 63.5 Å². The van der Waals surface area contributed by atoms with Crippen LogP contribution in [0.5, 0.6) is 0 Å². The number of aromatic nitrogens is 2. The van der Waals surface area contributed by atoms with Crippen LogP contribution in [0.25, 0.3) is 0 Å². The number of H-pyrrole nitrogens is 1. The van der Waals surface area contributed by atoms with Crippen molar-refractivity contribution in [2.75, 3.05) is 31.1 Å². The third kappa shape index (κ3) is 3.27. The monoisotopic (exact) mass is 291 g/mol. The number of nitrogens with two attached hydrogens (primary N) is 1. The maximum Gasteiger partial charge on any atom is 0.252 e. The Hall–Kier alpha value is -1.40. The summed E-state index contributed by atoms with van der Waals surface area (Å²) in [7, 11) is 0. The molecule has 2 saturated heterocycles. The summed E-state index contributed by atoms with van der Waals surface area (Å²) in [6, 6.07) is 2.57. The normalized spacial score (nSPS) is 24.7. The Kier molecular flexibility index (Phi) is 4.26. The fraction of sp³-hybridized carbons (Fsp3) is 0.733. The van der Waals surface area contributed by atoms with Crippen LogP contribution in [0.3, 0.4) is 0 Å². The Morgan fingerprint density at radius 2 is 2.10 bits per heavy atom. The van der Waals surface area contributed by atoms with E-state index < -0.39 is 0 Å². The minimum absolute atomic E-state index is 0.0516. The van der Waals surface area contributed by atoms with Gasteiger partial charge in [0.25, 0.3) is 5.56 Å². The van der Waals surface area contributed by atoms with Crippen LogP contribution in [0.4, 0.5) is 5.82 Å². The number of hydrogen-bond acceptors (Lipinski definition) is 5. The molecule has 1 aromatic heterocycles. The van der Waals surface area contributed by atoms with Crippen molar-refractivity contribution in [2.45, 2.75) is 44.7 Å². The first-order chi connectivity index (χ1) is 10.2. The minimum Gasteiger partial charge on any atom is -0.355 e. The maximum absolute atomic E-state index is 11.7. The molecule has 2 fully saturated rings. The SMILES string of the molecule is CCc1nc(N2CCC(N3CCC(N)CC3)C2)cc(=O)[nH]1. The molecule has 21 heavy (non-hydrogen) atoms. The largest absolute Gasteiger partial charge is 0.355 e. The van der Waals surface area contributed by atoms with Crippen molar-refractivity contribution in [1.82, 2.24) is 14.9 Å². The Balaban J connectivity index is 1.67. The molecule has 3 rings (SSSR count). The molecule has 0 amide bonds. The van der Waals surface area contributed by atoms with Crippen molar-refractivity contribution in [2.24, 2.45) is 5.73 Å². The van der Waals surface area contributed by atoms with Crippen molar-refractivity contribution < 1.29 is 0 Å². The lowest BCUT2D eigenvalue weighted by molar-refractivity contribution is 0.163. The van der Waals surface area contributed by atoms with Gasteiger partial charge in [0.2, 0.25) is 0 Å². The molecule has 1 aromatic rings. The minimum atomic E-state index is -0.0516. The van der Waals surface area contributed by atoms with E-state index in [1.54, 1.807) is 6.07 Å². The highest BCUT2D eigenvalue weighted by Crippen LogP contribution is 2.23.